The number of amides is 1. The Labute approximate surface area is 147 Å². The topological polar surface area (TPSA) is 38.1 Å². The molecule has 1 heterocycles. The van der Waals surface area contributed by atoms with Crippen molar-refractivity contribution in [2.45, 2.75) is 32.2 Å². The van der Waals surface area contributed by atoms with Crippen molar-refractivity contribution >= 4 is 23.6 Å². The van der Waals surface area contributed by atoms with Crippen LogP contribution in [0.3, 0.4) is 0 Å². The highest BCUT2D eigenvalue weighted by Gasteiger charge is 2.25. The van der Waals surface area contributed by atoms with Crippen LogP contribution in [0.1, 0.15) is 41.3 Å². The Kier molecular flexibility index (Phi) is 4.76. The number of rotatable bonds is 3. The number of benzene rings is 1. The number of carbonyl (C=O) groups excluding carboxylic acids is 1. The zero-order valence-electron chi connectivity index (χ0n) is 14.3. The number of halogens is 1. The van der Waals surface area contributed by atoms with Crippen molar-refractivity contribution in [2.24, 2.45) is 7.05 Å². The van der Waals surface area contributed by atoms with Gasteiger partial charge in [-0.3, -0.25) is 9.48 Å². The molecule has 3 rings (SSSR count). The molecule has 1 amide bonds. The van der Waals surface area contributed by atoms with E-state index in [2.05, 4.69) is 23.3 Å². The molecule has 1 aliphatic carbocycles. The van der Waals surface area contributed by atoms with Gasteiger partial charge in [-0.1, -0.05) is 35.9 Å². The number of aryl methyl sites for hydroxylation is 3. The molecule has 24 heavy (non-hydrogen) atoms. The van der Waals surface area contributed by atoms with E-state index in [0.717, 1.165) is 30.5 Å². The summed E-state index contributed by atoms with van der Waals surface area (Å²) in [5.41, 5.74) is 4.23. The highest BCUT2D eigenvalue weighted by molar-refractivity contribution is 6.31. The smallest absolute Gasteiger partial charge is 0.246 e. The fourth-order valence-corrected chi connectivity index (χ4v) is 3.63. The third kappa shape index (κ3) is 3.11. The maximum atomic E-state index is 12.6. The Bertz CT molecular complexity index is 794. The lowest BCUT2D eigenvalue weighted by molar-refractivity contribution is -0.127. The molecule has 0 saturated heterocycles. The lowest BCUT2D eigenvalue weighted by atomic mass is 9.87. The first-order chi connectivity index (χ1) is 11.5. The van der Waals surface area contributed by atoms with Crippen molar-refractivity contribution < 1.29 is 4.79 Å². The SMILES string of the molecule is Cc1nn(C)c(Cl)c1/C=C/C(=O)N(C)[C@H]1CCCc2ccccc21. The van der Waals surface area contributed by atoms with Crippen LogP contribution in [0.15, 0.2) is 30.3 Å². The molecule has 1 atom stereocenters. The Morgan fingerprint density at radius 1 is 1.42 bits per heavy atom. The summed E-state index contributed by atoms with van der Waals surface area (Å²) in [6.07, 6.45) is 6.55. The second kappa shape index (κ2) is 6.81. The van der Waals surface area contributed by atoms with E-state index < -0.39 is 0 Å². The van der Waals surface area contributed by atoms with E-state index in [-0.39, 0.29) is 11.9 Å². The minimum Gasteiger partial charge on any atom is -0.335 e. The number of hydrogen-bond acceptors (Lipinski definition) is 2. The molecular weight excluding hydrogens is 322 g/mol. The number of likely N-dealkylation sites (N-methyl/N-ethyl adjacent to an activating group) is 1. The maximum Gasteiger partial charge on any atom is 0.246 e. The molecule has 0 spiro atoms. The van der Waals surface area contributed by atoms with Gasteiger partial charge in [-0.15, -0.1) is 0 Å². The van der Waals surface area contributed by atoms with Gasteiger partial charge < -0.3 is 4.90 Å². The van der Waals surface area contributed by atoms with Gasteiger partial charge in [-0.25, -0.2) is 0 Å². The minimum atomic E-state index is -0.0176. The van der Waals surface area contributed by atoms with Gasteiger partial charge in [-0.2, -0.15) is 5.10 Å². The summed E-state index contributed by atoms with van der Waals surface area (Å²) in [6, 6.07) is 8.54. The molecule has 2 aromatic rings. The summed E-state index contributed by atoms with van der Waals surface area (Å²) in [4.78, 5) is 14.5. The second-order valence-electron chi connectivity index (χ2n) is 6.30. The van der Waals surface area contributed by atoms with E-state index in [1.54, 1.807) is 23.9 Å². The van der Waals surface area contributed by atoms with Crippen molar-refractivity contribution in [3.05, 3.63) is 57.9 Å². The zero-order chi connectivity index (χ0) is 17.3. The zero-order valence-corrected chi connectivity index (χ0v) is 15.0. The van der Waals surface area contributed by atoms with Crippen LogP contribution in [0.2, 0.25) is 5.15 Å². The number of aromatic nitrogens is 2. The number of fused-ring (bicyclic) bond motifs is 1. The first kappa shape index (κ1) is 16.8. The van der Waals surface area contributed by atoms with Gasteiger partial charge in [0.15, 0.2) is 0 Å². The van der Waals surface area contributed by atoms with Crippen molar-refractivity contribution in [2.75, 3.05) is 7.05 Å². The minimum absolute atomic E-state index is 0.0176. The standard InChI is InChI=1S/C19H22ClN3O/c1-13-15(19(20)23(3)21-13)11-12-18(24)22(2)17-10-6-8-14-7-4-5-9-16(14)17/h4-5,7,9,11-12,17H,6,8,10H2,1-3H3/b12-11+/t17-/m0/s1. The van der Waals surface area contributed by atoms with Gasteiger partial charge in [0.1, 0.15) is 5.15 Å². The van der Waals surface area contributed by atoms with E-state index in [9.17, 15) is 4.79 Å². The van der Waals surface area contributed by atoms with Crippen molar-refractivity contribution in [3.8, 4) is 0 Å². The highest BCUT2D eigenvalue weighted by atomic mass is 35.5. The summed E-state index contributed by atoms with van der Waals surface area (Å²) in [5, 5.41) is 4.81. The molecule has 0 radical (unpaired) electrons. The van der Waals surface area contributed by atoms with Crippen molar-refractivity contribution in [3.63, 3.8) is 0 Å². The highest BCUT2D eigenvalue weighted by Crippen LogP contribution is 2.33. The Hall–Kier alpha value is -2.07. The molecule has 1 aromatic heterocycles. The van der Waals surface area contributed by atoms with Crippen LogP contribution in [-0.4, -0.2) is 27.6 Å². The molecule has 126 valence electrons. The van der Waals surface area contributed by atoms with Gasteiger partial charge >= 0.3 is 0 Å². The van der Waals surface area contributed by atoms with E-state index in [1.165, 1.54) is 11.1 Å². The number of hydrogen-bond donors (Lipinski definition) is 0. The normalized spacial score (nSPS) is 17.1. The molecule has 1 aromatic carbocycles. The molecule has 0 bridgehead atoms. The van der Waals surface area contributed by atoms with Gasteiger partial charge in [0, 0.05) is 25.7 Å². The van der Waals surface area contributed by atoms with E-state index >= 15 is 0 Å². The van der Waals surface area contributed by atoms with Gasteiger partial charge in [0.05, 0.1) is 11.7 Å². The molecule has 0 aliphatic heterocycles. The second-order valence-corrected chi connectivity index (χ2v) is 6.66. The van der Waals surface area contributed by atoms with Crippen molar-refractivity contribution in [1.29, 1.82) is 0 Å². The van der Waals surface area contributed by atoms with Crippen LogP contribution in [-0.2, 0) is 18.3 Å². The third-order valence-electron chi connectivity index (χ3n) is 4.74. The fourth-order valence-electron chi connectivity index (χ4n) is 3.39. The largest absolute Gasteiger partial charge is 0.335 e. The molecule has 0 fully saturated rings. The average molecular weight is 344 g/mol. The summed E-state index contributed by atoms with van der Waals surface area (Å²) < 4.78 is 1.61. The summed E-state index contributed by atoms with van der Waals surface area (Å²) in [5.74, 6) is -0.0176. The van der Waals surface area contributed by atoms with Crippen molar-refractivity contribution in [1.82, 2.24) is 14.7 Å². The van der Waals surface area contributed by atoms with Crippen LogP contribution in [0.25, 0.3) is 6.08 Å². The summed E-state index contributed by atoms with van der Waals surface area (Å²) in [7, 11) is 3.66. The van der Waals surface area contributed by atoms with E-state index in [4.69, 9.17) is 11.6 Å². The predicted molar refractivity (Wildman–Crippen MR) is 96.9 cm³/mol. The number of carbonyl (C=O) groups is 1. The lowest BCUT2D eigenvalue weighted by Gasteiger charge is -2.32. The number of nitrogens with zero attached hydrogens (tertiary/aromatic N) is 3. The van der Waals surface area contributed by atoms with E-state index in [1.807, 2.05) is 24.9 Å². The molecule has 0 saturated carbocycles. The molecule has 0 unspecified atom stereocenters. The third-order valence-corrected chi connectivity index (χ3v) is 5.19. The summed E-state index contributed by atoms with van der Waals surface area (Å²) >= 11 is 6.22. The van der Waals surface area contributed by atoms with Gasteiger partial charge in [0.25, 0.3) is 0 Å². The summed E-state index contributed by atoms with van der Waals surface area (Å²) in [6.45, 7) is 1.89. The Morgan fingerprint density at radius 2 is 2.17 bits per heavy atom. The lowest BCUT2D eigenvalue weighted by Crippen LogP contribution is -2.32. The van der Waals surface area contributed by atoms with E-state index in [0.29, 0.717) is 5.15 Å². The van der Waals surface area contributed by atoms with Gasteiger partial charge in [0.2, 0.25) is 5.91 Å². The Balaban J connectivity index is 1.80. The predicted octanol–water partition coefficient (Wildman–Crippen LogP) is 3.93. The van der Waals surface area contributed by atoms with Gasteiger partial charge in [-0.05, 0) is 43.4 Å². The fraction of sp³-hybridized carbons (Fsp3) is 0.368. The quantitative estimate of drug-likeness (QED) is 0.792. The van der Waals surface area contributed by atoms with Crippen LogP contribution in [0.4, 0.5) is 0 Å². The molecule has 0 N–H and O–H groups in total. The average Bonchev–Trinajstić information content (AvgIpc) is 2.83. The first-order valence-electron chi connectivity index (χ1n) is 8.21. The molecule has 4 nitrogen and oxygen atoms in total. The van der Waals surface area contributed by atoms with Crippen LogP contribution in [0, 0.1) is 6.92 Å². The monoisotopic (exact) mass is 343 g/mol. The van der Waals surface area contributed by atoms with Crippen LogP contribution in [0.5, 0.6) is 0 Å². The first-order valence-corrected chi connectivity index (χ1v) is 8.58. The molecule has 5 heteroatoms. The Morgan fingerprint density at radius 3 is 2.88 bits per heavy atom. The molecule has 1 aliphatic rings. The maximum absolute atomic E-state index is 12.6. The van der Waals surface area contributed by atoms with Crippen LogP contribution >= 0.6 is 11.6 Å². The molecular formula is C19H22ClN3O. The van der Waals surface area contributed by atoms with Crippen LogP contribution < -0.4 is 0 Å².